The topological polar surface area (TPSA) is 59.0 Å². The number of benzene rings is 1. The second-order valence-electron chi connectivity index (χ2n) is 4.83. The van der Waals surface area contributed by atoms with Crippen LogP contribution in [0.3, 0.4) is 0 Å². The Kier molecular flexibility index (Phi) is 5.22. The zero-order valence-electron chi connectivity index (χ0n) is 12.0. The predicted molar refractivity (Wildman–Crippen MR) is 81.9 cm³/mol. The SMILES string of the molecule is COC1CN(c2cc(Cl)ccc2/C=C/C(=O)O)CC1OC. The molecule has 5 nitrogen and oxygen atoms in total. The first-order valence-corrected chi connectivity index (χ1v) is 6.94. The first-order valence-electron chi connectivity index (χ1n) is 6.56. The summed E-state index contributed by atoms with van der Waals surface area (Å²) in [7, 11) is 3.31. The van der Waals surface area contributed by atoms with Gasteiger partial charge in [0.15, 0.2) is 0 Å². The minimum absolute atomic E-state index is 0.0229. The maximum atomic E-state index is 10.7. The summed E-state index contributed by atoms with van der Waals surface area (Å²) in [4.78, 5) is 12.8. The van der Waals surface area contributed by atoms with Gasteiger partial charge in [-0.2, -0.15) is 0 Å². The molecule has 0 aromatic heterocycles. The van der Waals surface area contributed by atoms with Gasteiger partial charge in [0, 0.05) is 44.1 Å². The van der Waals surface area contributed by atoms with E-state index in [1.807, 2.05) is 6.07 Å². The second-order valence-corrected chi connectivity index (χ2v) is 5.26. The number of carbonyl (C=O) groups is 1. The van der Waals surface area contributed by atoms with Crippen LogP contribution in [-0.4, -0.2) is 50.6 Å². The highest BCUT2D eigenvalue weighted by Gasteiger charge is 2.33. The van der Waals surface area contributed by atoms with Crippen molar-refractivity contribution in [2.45, 2.75) is 12.2 Å². The van der Waals surface area contributed by atoms with E-state index >= 15 is 0 Å². The molecular formula is C15H18ClNO4. The first-order chi connectivity index (χ1) is 10.0. The van der Waals surface area contributed by atoms with Gasteiger partial charge >= 0.3 is 5.97 Å². The van der Waals surface area contributed by atoms with Crippen LogP contribution >= 0.6 is 11.6 Å². The zero-order valence-corrected chi connectivity index (χ0v) is 12.7. The molecular weight excluding hydrogens is 294 g/mol. The zero-order chi connectivity index (χ0) is 15.4. The summed E-state index contributed by atoms with van der Waals surface area (Å²) in [5, 5.41) is 9.38. The van der Waals surface area contributed by atoms with Gasteiger partial charge in [0.2, 0.25) is 0 Å². The molecule has 1 aliphatic rings. The molecule has 2 atom stereocenters. The number of carboxylic acids is 1. The van der Waals surface area contributed by atoms with Gasteiger partial charge in [-0.3, -0.25) is 0 Å². The highest BCUT2D eigenvalue weighted by atomic mass is 35.5. The maximum Gasteiger partial charge on any atom is 0.328 e. The standard InChI is InChI=1S/C15H18ClNO4/c1-20-13-8-17(9-14(13)21-2)12-7-11(16)5-3-10(12)4-6-15(18)19/h3-7,13-14H,8-9H2,1-2H3,(H,18,19)/b6-4+. The van der Waals surface area contributed by atoms with Crippen LogP contribution in [0.1, 0.15) is 5.56 Å². The van der Waals surface area contributed by atoms with Crippen molar-refractivity contribution in [3.8, 4) is 0 Å². The minimum atomic E-state index is -0.984. The predicted octanol–water partition coefficient (Wildman–Crippen LogP) is 2.29. The molecule has 1 heterocycles. The Morgan fingerprint density at radius 3 is 2.48 bits per heavy atom. The summed E-state index contributed by atoms with van der Waals surface area (Å²) in [6, 6.07) is 5.37. The van der Waals surface area contributed by atoms with Crippen molar-refractivity contribution in [2.24, 2.45) is 0 Å². The summed E-state index contributed by atoms with van der Waals surface area (Å²) in [5.74, 6) is -0.984. The Morgan fingerprint density at radius 2 is 1.95 bits per heavy atom. The molecule has 1 saturated heterocycles. The van der Waals surface area contributed by atoms with Crippen molar-refractivity contribution >= 4 is 29.3 Å². The number of hydrogen-bond acceptors (Lipinski definition) is 4. The van der Waals surface area contributed by atoms with Gasteiger partial charge in [0.1, 0.15) is 12.2 Å². The third kappa shape index (κ3) is 3.75. The van der Waals surface area contributed by atoms with Crippen LogP contribution < -0.4 is 4.90 Å². The smallest absolute Gasteiger partial charge is 0.328 e. The van der Waals surface area contributed by atoms with Gasteiger partial charge in [-0.1, -0.05) is 17.7 Å². The van der Waals surface area contributed by atoms with Crippen LogP contribution in [-0.2, 0) is 14.3 Å². The molecule has 114 valence electrons. The number of rotatable bonds is 5. The molecule has 0 bridgehead atoms. The van der Waals surface area contributed by atoms with Crippen molar-refractivity contribution < 1.29 is 19.4 Å². The summed E-state index contributed by atoms with van der Waals surface area (Å²) in [6.45, 7) is 1.34. The molecule has 0 spiro atoms. The molecule has 0 amide bonds. The van der Waals surface area contributed by atoms with Gasteiger partial charge in [0.05, 0.1) is 0 Å². The lowest BCUT2D eigenvalue weighted by atomic mass is 10.1. The van der Waals surface area contributed by atoms with E-state index in [0.29, 0.717) is 18.1 Å². The molecule has 1 fully saturated rings. The third-order valence-electron chi connectivity index (χ3n) is 3.56. The lowest BCUT2D eigenvalue weighted by Crippen LogP contribution is -2.27. The average molecular weight is 312 g/mol. The number of ether oxygens (including phenoxy) is 2. The number of hydrogen-bond donors (Lipinski definition) is 1. The summed E-state index contributed by atoms with van der Waals surface area (Å²) < 4.78 is 10.8. The van der Waals surface area contributed by atoms with E-state index in [1.54, 1.807) is 32.4 Å². The van der Waals surface area contributed by atoms with Gasteiger partial charge in [0.25, 0.3) is 0 Å². The van der Waals surface area contributed by atoms with Gasteiger partial charge in [-0.05, 0) is 23.8 Å². The number of nitrogens with zero attached hydrogens (tertiary/aromatic N) is 1. The van der Waals surface area contributed by atoms with Crippen LogP contribution in [0.2, 0.25) is 5.02 Å². The van der Waals surface area contributed by atoms with E-state index in [4.69, 9.17) is 26.2 Å². The van der Waals surface area contributed by atoms with Crippen molar-refractivity contribution in [3.63, 3.8) is 0 Å². The van der Waals surface area contributed by atoms with Crippen LogP contribution in [0.5, 0.6) is 0 Å². The third-order valence-corrected chi connectivity index (χ3v) is 3.79. The number of methoxy groups -OCH3 is 2. The van der Waals surface area contributed by atoms with Crippen molar-refractivity contribution in [3.05, 3.63) is 34.9 Å². The molecule has 21 heavy (non-hydrogen) atoms. The summed E-state index contributed by atoms with van der Waals surface area (Å²) in [5.41, 5.74) is 1.68. The van der Waals surface area contributed by atoms with E-state index in [-0.39, 0.29) is 12.2 Å². The number of carboxylic acid groups (broad SMARTS) is 1. The van der Waals surface area contributed by atoms with Crippen molar-refractivity contribution in [1.29, 1.82) is 0 Å². The summed E-state index contributed by atoms with van der Waals surface area (Å²) in [6.07, 6.45) is 2.64. The Bertz CT molecular complexity index is 534. The lowest BCUT2D eigenvalue weighted by Gasteiger charge is -2.21. The van der Waals surface area contributed by atoms with Gasteiger partial charge in [-0.25, -0.2) is 4.79 Å². The fraction of sp³-hybridized carbons (Fsp3) is 0.400. The van der Waals surface area contributed by atoms with Crippen LogP contribution in [0.4, 0.5) is 5.69 Å². The molecule has 0 aliphatic carbocycles. The van der Waals surface area contributed by atoms with Gasteiger partial charge in [-0.15, -0.1) is 0 Å². The van der Waals surface area contributed by atoms with Crippen LogP contribution in [0.25, 0.3) is 6.08 Å². The Balaban J connectivity index is 2.30. The molecule has 6 heteroatoms. The van der Waals surface area contributed by atoms with Crippen LogP contribution in [0, 0.1) is 0 Å². The highest BCUT2D eigenvalue weighted by Crippen LogP contribution is 2.30. The first kappa shape index (κ1) is 15.8. The Labute approximate surface area is 128 Å². The Hall–Kier alpha value is -1.56. The van der Waals surface area contributed by atoms with Crippen LogP contribution in [0.15, 0.2) is 24.3 Å². The normalized spacial score (nSPS) is 22.1. The fourth-order valence-corrected chi connectivity index (χ4v) is 2.65. The minimum Gasteiger partial charge on any atom is -0.478 e. The largest absolute Gasteiger partial charge is 0.478 e. The molecule has 1 N–H and O–H groups in total. The quantitative estimate of drug-likeness (QED) is 0.846. The molecule has 1 aliphatic heterocycles. The molecule has 2 rings (SSSR count). The maximum absolute atomic E-state index is 10.7. The highest BCUT2D eigenvalue weighted by molar-refractivity contribution is 6.31. The molecule has 0 radical (unpaired) electrons. The molecule has 1 aromatic carbocycles. The number of anilines is 1. The molecule has 1 aromatic rings. The van der Waals surface area contributed by atoms with E-state index in [1.165, 1.54) is 0 Å². The average Bonchev–Trinajstić information content (AvgIpc) is 2.88. The molecule has 0 saturated carbocycles. The lowest BCUT2D eigenvalue weighted by molar-refractivity contribution is -0.131. The number of halogens is 1. The number of aliphatic carboxylic acids is 1. The van der Waals surface area contributed by atoms with E-state index < -0.39 is 5.97 Å². The van der Waals surface area contributed by atoms with Crippen molar-refractivity contribution in [2.75, 3.05) is 32.2 Å². The second kappa shape index (κ2) is 6.93. The van der Waals surface area contributed by atoms with Crippen molar-refractivity contribution in [1.82, 2.24) is 0 Å². The molecule has 2 unspecified atom stereocenters. The van der Waals surface area contributed by atoms with E-state index in [2.05, 4.69) is 4.90 Å². The summed E-state index contributed by atoms with van der Waals surface area (Å²) >= 11 is 6.07. The van der Waals surface area contributed by atoms with E-state index in [9.17, 15) is 4.79 Å². The van der Waals surface area contributed by atoms with Gasteiger partial charge < -0.3 is 19.5 Å². The van der Waals surface area contributed by atoms with E-state index in [0.717, 1.165) is 17.3 Å². The fourth-order valence-electron chi connectivity index (χ4n) is 2.49. The monoisotopic (exact) mass is 311 g/mol. The Morgan fingerprint density at radius 1 is 1.33 bits per heavy atom.